The number of H-pyrrole nitrogens is 1. The third-order valence-corrected chi connectivity index (χ3v) is 3.95. The molecule has 0 aliphatic carbocycles. The molecule has 4 rings (SSSR count). The average Bonchev–Trinajstić information content (AvgIpc) is 3.03. The van der Waals surface area contributed by atoms with Crippen LogP contribution < -0.4 is 29.0 Å². The normalized spacial score (nSPS) is 10.2. The van der Waals surface area contributed by atoms with E-state index in [1.54, 1.807) is 18.2 Å². The fourth-order valence-electron chi connectivity index (χ4n) is 2.75. The molecule has 0 aliphatic rings. The number of nitrogens with zero attached hydrogens (tertiary/aromatic N) is 2. The molecule has 0 saturated carbocycles. The first-order valence-corrected chi connectivity index (χ1v) is 7.20. The average molecular weight is 318 g/mol. The number of hydrogen-bond acceptors (Lipinski definition) is 4. The van der Waals surface area contributed by atoms with Gasteiger partial charge >= 0.3 is 24.8 Å². The Labute approximate surface area is 154 Å². The minimum atomic E-state index is -0.135. The molecule has 4 aromatic rings. The molecule has 25 heavy (non-hydrogen) atoms. The zero-order chi connectivity index (χ0) is 16.7. The van der Waals surface area contributed by atoms with Crippen LogP contribution in [0, 0.1) is 22.7 Å². The van der Waals surface area contributed by atoms with Crippen LogP contribution in [0.4, 0.5) is 0 Å². The minimum absolute atomic E-state index is 0. The Morgan fingerprint density at radius 1 is 0.960 bits per heavy atom. The predicted octanol–water partition coefficient (Wildman–Crippen LogP) is -0.112. The Morgan fingerprint density at radius 2 is 1.68 bits per heavy atom. The van der Waals surface area contributed by atoms with Crippen molar-refractivity contribution in [2.24, 2.45) is 0 Å². The maximum atomic E-state index is 12.7. The van der Waals surface area contributed by atoms with Crippen LogP contribution in [-0.4, -0.2) is 0 Å². The van der Waals surface area contributed by atoms with Crippen LogP contribution in [0.1, 0.15) is 11.1 Å². The van der Waals surface area contributed by atoms with E-state index in [9.17, 15) is 5.11 Å². The summed E-state index contributed by atoms with van der Waals surface area (Å²) in [4.78, 5) is 3.02. The van der Waals surface area contributed by atoms with Gasteiger partial charge in [0.2, 0.25) is 5.58 Å². The SMILES string of the molecule is N#Cc1cc2[nH+]c(-c3ccc4ccccc4c3[O-])oc2cc1C#N.[Li+]. The van der Waals surface area contributed by atoms with E-state index < -0.39 is 0 Å². The molecule has 6 heteroatoms. The van der Waals surface area contributed by atoms with Crippen LogP contribution in [-0.2, 0) is 0 Å². The smallest absolute Gasteiger partial charge is 0.871 e. The number of aromatic nitrogens is 1. The second-order valence-electron chi connectivity index (χ2n) is 5.34. The second kappa shape index (κ2) is 6.34. The molecule has 0 bridgehead atoms. The monoisotopic (exact) mass is 318 g/mol. The molecule has 0 aliphatic heterocycles. The Bertz CT molecular complexity index is 1150. The third-order valence-electron chi connectivity index (χ3n) is 3.95. The molecule has 0 spiro atoms. The summed E-state index contributed by atoms with van der Waals surface area (Å²) in [6.07, 6.45) is 0. The molecule has 5 nitrogen and oxygen atoms in total. The first-order chi connectivity index (χ1) is 11.7. The molecule has 1 heterocycles. The van der Waals surface area contributed by atoms with Gasteiger partial charge in [0.15, 0.2) is 0 Å². The van der Waals surface area contributed by atoms with Gasteiger partial charge in [-0.15, -0.1) is 0 Å². The zero-order valence-corrected chi connectivity index (χ0v) is 13.3. The van der Waals surface area contributed by atoms with E-state index in [4.69, 9.17) is 14.9 Å². The van der Waals surface area contributed by atoms with Crippen molar-refractivity contribution in [2.45, 2.75) is 0 Å². The summed E-state index contributed by atoms with van der Waals surface area (Å²) in [6, 6.07) is 17.9. The van der Waals surface area contributed by atoms with Gasteiger partial charge in [-0.3, -0.25) is 0 Å². The minimum Gasteiger partial charge on any atom is -0.871 e. The molecule has 112 valence electrons. The van der Waals surface area contributed by atoms with Crippen molar-refractivity contribution < 1.29 is 33.4 Å². The molecule has 0 amide bonds. The molecule has 0 atom stereocenters. The Balaban J connectivity index is 0.00000182. The van der Waals surface area contributed by atoms with Crippen molar-refractivity contribution in [3.8, 4) is 29.3 Å². The topological polar surface area (TPSA) is 97.9 Å². The zero-order valence-electron chi connectivity index (χ0n) is 13.3. The number of fused-ring (bicyclic) bond motifs is 2. The number of aromatic amines is 1. The summed E-state index contributed by atoms with van der Waals surface area (Å²) < 4.78 is 5.71. The van der Waals surface area contributed by atoms with Crippen molar-refractivity contribution >= 4 is 21.9 Å². The summed E-state index contributed by atoms with van der Waals surface area (Å²) in [6.45, 7) is 0. The summed E-state index contributed by atoms with van der Waals surface area (Å²) in [5, 5.41) is 32.3. The molecular formula is C19H9LiN3O2+. The van der Waals surface area contributed by atoms with Crippen molar-refractivity contribution in [3.63, 3.8) is 0 Å². The molecule has 1 N–H and O–H groups in total. The van der Waals surface area contributed by atoms with Gasteiger partial charge in [-0.25, -0.2) is 0 Å². The van der Waals surface area contributed by atoms with Gasteiger partial charge in [0.25, 0.3) is 5.52 Å². The molecule has 3 aromatic carbocycles. The van der Waals surface area contributed by atoms with E-state index in [-0.39, 0.29) is 35.7 Å². The van der Waals surface area contributed by atoms with Crippen molar-refractivity contribution in [3.05, 3.63) is 59.7 Å². The van der Waals surface area contributed by atoms with Crippen LogP contribution in [0.5, 0.6) is 5.75 Å². The summed E-state index contributed by atoms with van der Waals surface area (Å²) in [5.74, 6) is 0.171. The van der Waals surface area contributed by atoms with Gasteiger partial charge in [0.05, 0.1) is 16.7 Å². The first-order valence-electron chi connectivity index (χ1n) is 7.20. The number of benzene rings is 3. The summed E-state index contributed by atoms with van der Waals surface area (Å²) >= 11 is 0. The number of oxazole rings is 1. The fourth-order valence-corrected chi connectivity index (χ4v) is 2.75. The molecule has 0 saturated heterocycles. The van der Waals surface area contributed by atoms with Crippen LogP contribution >= 0.6 is 0 Å². The van der Waals surface area contributed by atoms with E-state index in [1.807, 2.05) is 36.4 Å². The van der Waals surface area contributed by atoms with E-state index in [0.717, 1.165) is 5.39 Å². The molecule has 0 radical (unpaired) electrons. The summed E-state index contributed by atoms with van der Waals surface area (Å²) in [7, 11) is 0. The Morgan fingerprint density at radius 3 is 2.44 bits per heavy atom. The van der Waals surface area contributed by atoms with Crippen molar-refractivity contribution in [2.75, 3.05) is 0 Å². The van der Waals surface area contributed by atoms with Gasteiger partial charge < -0.3 is 9.52 Å². The standard InChI is InChI=1S/C19H9N3O2.Li/c20-9-12-7-16-17(8-13(12)10-21)24-19(22-16)15-6-5-11-3-1-2-4-14(11)18(15)23;/h1-8,23H;/q;+1. The van der Waals surface area contributed by atoms with Gasteiger partial charge in [-0.05, 0) is 16.8 Å². The fraction of sp³-hybridized carbons (Fsp3) is 0. The van der Waals surface area contributed by atoms with Crippen LogP contribution in [0.15, 0.2) is 52.9 Å². The largest absolute Gasteiger partial charge is 1.00 e. The van der Waals surface area contributed by atoms with Gasteiger partial charge in [-0.2, -0.15) is 15.5 Å². The number of nitriles is 2. The quantitative estimate of drug-likeness (QED) is 0.457. The summed E-state index contributed by atoms with van der Waals surface area (Å²) in [5.41, 5.74) is 1.89. The van der Waals surface area contributed by atoms with E-state index in [1.165, 1.54) is 6.07 Å². The number of hydrogen-bond donors (Lipinski definition) is 0. The van der Waals surface area contributed by atoms with Gasteiger partial charge in [0, 0.05) is 12.1 Å². The molecule has 0 unspecified atom stereocenters. The van der Waals surface area contributed by atoms with E-state index in [2.05, 4.69) is 4.98 Å². The molecule has 0 fully saturated rings. The first kappa shape index (κ1) is 16.6. The Hall–Kier alpha value is -3.23. The third kappa shape index (κ3) is 2.63. The maximum Gasteiger partial charge on any atom is 1.00 e. The molecular weight excluding hydrogens is 309 g/mol. The molecule has 1 aromatic heterocycles. The van der Waals surface area contributed by atoms with E-state index >= 15 is 0 Å². The maximum absolute atomic E-state index is 12.7. The van der Waals surface area contributed by atoms with E-state index in [0.29, 0.717) is 27.9 Å². The van der Waals surface area contributed by atoms with Crippen LogP contribution in [0.2, 0.25) is 0 Å². The van der Waals surface area contributed by atoms with Crippen molar-refractivity contribution in [1.29, 1.82) is 10.5 Å². The van der Waals surface area contributed by atoms with Crippen molar-refractivity contribution in [1.82, 2.24) is 0 Å². The predicted molar refractivity (Wildman–Crippen MR) is 84.6 cm³/mol. The Kier molecular flexibility index (Phi) is 4.22. The van der Waals surface area contributed by atoms with Crippen LogP contribution in [0.3, 0.4) is 0 Å². The van der Waals surface area contributed by atoms with Crippen LogP contribution in [0.25, 0.3) is 33.3 Å². The van der Waals surface area contributed by atoms with Gasteiger partial charge in [0.1, 0.15) is 12.1 Å². The number of rotatable bonds is 1. The van der Waals surface area contributed by atoms with Gasteiger partial charge in [-0.1, -0.05) is 36.1 Å². The second-order valence-corrected chi connectivity index (χ2v) is 5.34. The number of nitrogens with one attached hydrogen (secondary N) is 1.